The van der Waals surface area contributed by atoms with Gasteiger partial charge in [-0.2, -0.15) is 0 Å². The van der Waals surface area contributed by atoms with Gasteiger partial charge in [-0.1, -0.05) is 36.9 Å². The van der Waals surface area contributed by atoms with Crippen molar-refractivity contribution < 1.29 is 0 Å². The number of nitrogens with one attached hydrogen (secondary N) is 1. The van der Waals surface area contributed by atoms with Crippen LogP contribution in [-0.4, -0.2) is 0 Å². The molecule has 17 heavy (non-hydrogen) atoms. The predicted octanol–water partition coefficient (Wildman–Crippen LogP) is 4.75. The number of thiol groups is 1. The molecular weight excluding hydrogens is 246 g/mol. The topological polar surface area (TPSA) is 12.0 Å². The number of hydrogen-bond donors (Lipinski definition) is 2. The normalized spacial score (nSPS) is 12.6. The molecule has 2 aromatic carbocycles. The molecule has 1 nitrogen and oxygen atoms in total. The summed E-state index contributed by atoms with van der Waals surface area (Å²) in [6, 6.07) is 12.7. The highest BCUT2D eigenvalue weighted by molar-refractivity contribution is 7.99. The summed E-state index contributed by atoms with van der Waals surface area (Å²) >= 11 is 6.45. The van der Waals surface area contributed by atoms with Gasteiger partial charge in [-0.15, -0.1) is 12.6 Å². The lowest BCUT2D eigenvalue weighted by Gasteiger charge is -2.23. The molecule has 0 aromatic heterocycles. The van der Waals surface area contributed by atoms with E-state index in [-0.39, 0.29) is 0 Å². The zero-order valence-electron chi connectivity index (χ0n) is 9.53. The standard InChI is InChI=1S/C14H13NS2/c1-2-9-7-8-12-13(14(9)16)15-10-5-3-4-6-11(10)17-12/h3-8,15-16H,2H2,1H3. The van der Waals surface area contributed by atoms with Crippen molar-refractivity contribution in [3.8, 4) is 0 Å². The quantitative estimate of drug-likeness (QED) is 0.612. The van der Waals surface area contributed by atoms with Crippen LogP contribution in [0.4, 0.5) is 11.4 Å². The fraction of sp³-hybridized carbons (Fsp3) is 0.143. The van der Waals surface area contributed by atoms with Gasteiger partial charge in [-0.05, 0) is 30.2 Å². The van der Waals surface area contributed by atoms with Crippen molar-refractivity contribution in [2.75, 3.05) is 5.32 Å². The van der Waals surface area contributed by atoms with Gasteiger partial charge in [0.05, 0.1) is 11.4 Å². The minimum atomic E-state index is 1.01. The Hall–Kier alpha value is -1.06. The average molecular weight is 259 g/mol. The number of fused-ring (bicyclic) bond motifs is 2. The lowest BCUT2D eigenvalue weighted by atomic mass is 10.1. The average Bonchev–Trinajstić information content (AvgIpc) is 2.37. The second-order valence-corrected chi connectivity index (χ2v) is 5.55. The lowest BCUT2D eigenvalue weighted by molar-refractivity contribution is 1.07. The third-order valence-electron chi connectivity index (χ3n) is 2.97. The SMILES string of the molecule is CCc1ccc2c(c1S)Nc1ccccc1S2. The van der Waals surface area contributed by atoms with E-state index in [1.54, 1.807) is 11.8 Å². The fourth-order valence-electron chi connectivity index (χ4n) is 2.02. The Balaban J connectivity index is 2.12. The van der Waals surface area contributed by atoms with Crippen molar-refractivity contribution in [1.82, 2.24) is 0 Å². The first kappa shape index (κ1) is 11.1. The summed E-state index contributed by atoms with van der Waals surface area (Å²) < 4.78 is 0. The molecule has 0 atom stereocenters. The number of rotatable bonds is 1. The number of para-hydroxylation sites is 1. The van der Waals surface area contributed by atoms with Crippen molar-refractivity contribution in [2.45, 2.75) is 28.0 Å². The molecule has 2 aromatic rings. The first-order valence-electron chi connectivity index (χ1n) is 5.68. The first-order chi connectivity index (χ1) is 8.29. The Bertz CT molecular complexity index is 578. The molecule has 0 spiro atoms. The highest BCUT2D eigenvalue weighted by Gasteiger charge is 2.18. The van der Waals surface area contributed by atoms with Gasteiger partial charge in [0.1, 0.15) is 0 Å². The minimum absolute atomic E-state index is 1.01. The maximum absolute atomic E-state index is 4.64. The molecule has 3 heteroatoms. The van der Waals surface area contributed by atoms with Crippen LogP contribution in [0.25, 0.3) is 0 Å². The molecule has 0 saturated heterocycles. The van der Waals surface area contributed by atoms with Gasteiger partial charge in [-0.25, -0.2) is 0 Å². The van der Waals surface area contributed by atoms with Crippen LogP contribution in [0.3, 0.4) is 0 Å². The Morgan fingerprint density at radius 1 is 1.12 bits per heavy atom. The lowest BCUT2D eigenvalue weighted by Crippen LogP contribution is -2.02. The molecule has 0 unspecified atom stereocenters. The summed E-state index contributed by atoms with van der Waals surface area (Å²) in [6.45, 7) is 2.16. The zero-order valence-corrected chi connectivity index (χ0v) is 11.2. The third-order valence-corrected chi connectivity index (χ3v) is 4.62. The number of benzene rings is 2. The molecule has 1 heterocycles. The van der Waals surface area contributed by atoms with Crippen LogP contribution >= 0.6 is 24.4 Å². The van der Waals surface area contributed by atoms with Crippen LogP contribution in [0.5, 0.6) is 0 Å². The van der Waals surface area contributed by atoms with E-state index in [1.807, 2.05) is 0 Å². The first-order valence-corrected chi connectivity index (χ1v) is 6.94. The Morgan fingerprint density at radius 3 is 2.76 bits per heavy atom. The van der Waals surface area contributed by atoms with Crippen LogP contribution in [-0.2, 0) is 6.42 Å². The molecule has 0 radical (unpaired) electrons. The third kappa shape index (κ3) is 1.83. The molecule has 1 N–H and O–H groups in total. The molecule has 1 aliphatic heterocycles. The van der Waals surface area contributed by atoms with E-state index in [4.69, 9.17) is 0 Å². The van der Waals surface area contributed by atoms with Crippen molar-refractivity contribution in [3.63, 3.8) is 0 Å². The second kappa shape index (κ2) is 4.31. The van der Waals surface area contributed by atoms with Gasteiger partial charge in [0.25, 0.3) is 0 Å². The molecule has 0 aliphatic carbocycles. The number of hydrogen-bond acceptors (Lipinski definition) is 3. The van der Waals surface area contributed by atoms with Crippen molar-refractivity contribution >= 4 is 35.8 Å². The van der Waals surface area contributed by atoms with E-state index >= 15 is 0 Å². The van der Waals surface area contributed by atoms with Crippen LogP contribution in [0.2, 0.25) is 0 Å². The Kier molecular flexibility index (Phi) is 2.81. The monoisotopic (exact) mass is 259 g/mol. The fourth-order valence-corrected chi connectivity index (χ4v) is 3.51. The molecule has 3 rings (SSSR count). The highest BCUT2D eigenvalue weighted by atomic mass is 32.2. The van der Waals surface area contributed by atoms with E-state index in [0.717, 1.165) is 17.0 Å². The smallest absolute Gasteiger partial charge is 0.0664 e. The van der Waals surface area contributed by atoms with E-state index in [2.05, 4.69) is 61.3 Å². The maximum Gasteiger partial charge on any atom is 0.0664 e. The van der Waals surface area contributed by atoms with Gasteiger partial charge < -0.3 is 5.32 Å². The number of anilines is 2. The summed E-state index contributed by atoms with van der Waals surface area (Å²) in [5, 5.41) is 3.49. The van der Waals surface area contributed by atoms with E-state index in [0.29, 0.717) is 0 Å². The highest BCUT2D eigenvalue weighted by Crippen LogP contribution is 2.47. The molecule has 0 bridgehead atoms. The van der Waals surface area contributed by atoms with Crippen LogP contribution in [0.15, 0.2) is 51.1 Å². The Labute approximate surface area is 111 Å². The summed E-state index contributed by atoms with van der Waals surface area (Å²) in [7, 11) is 0. The van der Waals surface area contributed by atoms with E-state index in [9.17, 15) is 0 Å². The van der Waals surface area contributed by atoms with Crippen molar-refractivity contribution in [1.29, 1.82) is 0 Å². The summed E-state index contributed by atoms with van der Waals surface area (Å²) in [5.41, 5.74) is 3.62. The summed E-state index contributed by atoms with van der Waals surface area (Å²) in [6.07, 6.45) is 1.01. The molecule has 1 aliphatic rings. The van der Waals surface area contributed by atoms with Gasteiger partial charge in [0.2, 0.25) is 0 Å². The van der Waals surface area contributed by atoms with E-state index < -0.39 is 0 Å². The molecule has 86 valence electrons. The number of aryl methyl sites for hydroxylation is 1. The van der Waals surface area contributed by atoms with Gasteiger partial charge >= 0.3 is 0 Å². The van der Waals surface area contributed by atoms with Crippen LogP contribution < -0.4 is 5.32 Å². The minimum Gasteiger partial charge on any atom is -0.353 e. The molecule has 0 fully saturated rings. The largest absolute Gasteiger partial charge is 0.353 e. The van der Waals surface area contributed by atoms with Gasteiger partial charge in [-0.3, -0.25) is 0 Å². The van der Waals surface area contributed by atoms with Gasteiger partial charge in [0.15, 0.2) is 0 Å². The van der Waals surface area contributed by atoms with Crippen LogP contribution in [0.1, 0.15) is 12.5 Å². The summed E-state index contributed by atoms with van der Waals surface area (Å²) in [5.74, 6) is 0. The molecule has 0 amide bonds. The molecular formula is C14H13NS2. The van der Waals surface area contributed by atoms with Crippen molar-refractivity contribution in [3.05, 3.63) is 42.0 Å². The predicted molar refractivity (Wildman–Crippen MR) is 76.9 cm³/mol. The van der Waals surface area contributed by atoms with E-state index in [1.165, 1.54) is 21.0 Å². The van der Waals surface area contributed by atoms with Crippen molar-refractivity contribution in [2.24, 2.45) is 0 Å². The Morgan fingerprint density at radius 2 is 1.94 bits per heavy atom. The summed E-state index contributed by atoms with van der Waals surface area (Å²) in [4.78, 5) is 3.61. The van der Waals surface area contributed by atoms with Crippen LogP contribution in [0, 0.1) is 0 Å². The zero-order chi connectivity index (χ0) is 11.8. The van der Waals surface area contributed by atoms with Gasteiger partial charge in [0, 0.05) is 14.7 Å². The molecule has 0 saturated carbocycles. The second-order valence-electron chi connectivity index (χ2n) is 4.02. The maximum atomic E-state index is 4.64.